The molecule has 0 aromatic heterocycles. The summed E-state index contributed by atoms with van der Waals surface area (Å²) in [6.07, 6.45) is -4.69. The zero-order valence-electron chi connectivity index (χ0n) is 12.1. The average molecular weight is 456 g/mol. The van der Waals surface area contributed by atoms with Crippen molar-refractivity contribution in [2.75, 3.05) is 11.5 Å². The van der Waals surface area contributed by atoms with Crippen molar-refractivity contribution >= 4 is 51.1 Å². The van der Waals surface area contributed by atoms with E-state index in [1.165, 1.54) is 12.1 Å². The number of rotatable bonds is 3. The van der Waals surface area contributed by atoms with Crippen molar-refractivity contribution < 1.29 is 17.9 Å². The molecule has 8 heteroatoms. The van der Waals surface area contributed by atoms with Crippen LogP contribution in [0.15, 0.2) is 46.9 Å². The molecule has 0 spiro atoms. The second-order valence-corrected chi connectivity index (χ2v) is 9.21. The first kappa shape index (κ1) is 18.3. The molecule has 1 heterocycles. The molecule has 1 aliphatic heterocycles. The number of hydrogen-bond donors (Lipinski definition) is 0. The molecule has 2 aromatic rings. The molecule has 1 fully saturated rings. The molecule has 0 bridgehead atoms. The minimum atomic E-state index is -4.69. The fraction of sp³-hybridized carbons (Fsp3) is 0.250. The van der Waals surface area contributed by atoms with Gasteiger partial charge in [0.1, 0.15) is 9.83 Å². The van der Waals surface area contributed by atoms with Gasteiger partial charge in [0.2, 0.25) is 0 Å². The zero-order chi connectivity index (χ0) is 17.4. The first-order valence-corrected chi connectivity index (χ1v) is 10.0. The van der Waals surface area contributed by atoms with E-state index < -0.39 is 10.4 Å². The highest BCUT2D eigenvalue weighted by molar-refractivity contribution is 9.10. The van der Waals surface area contributed by atoms with Crippen LogP contribution in [0.25, 0.3) is 0 Å². The van der Waals surface area contributed by atoms with Crippen LogP contribution in [0.1, 0.15) is 11.1 Å². The Balaban J connectivity index is 2.01. The van der Waals surface area contributed by atoms with E-state index in [4.69, 9.17) is 11.6 Å². The zero-order valence-corrected chi connectivity index (χ0v) is 16.0. The molecule has 3 rings (SSSR count). The van der Waals surface area contributed by atoms with E-state index >= 15 is 0 Å². The second-order valence-electron chi connectivity index (χ2n) is 5.01. The van der Waals surface area contributed by atoms with Crippen molar-refractivity contribution in [3.8, 4) is 5.75 Å². The minimum Gasteiger partial charge on any atom is -0.406 e. The van der Waals surface area contributed by atoms with E-state index in [0.717, 1.165) is 27.1 Å². The van der Waals surface area contributed by atoms with Gasteiger partial charge in [0, 0.05) is 26.6 Å². The van der Waals surface area contributed by atoms with Crippen molar-refractivity contribution in [3.63, 3.8) is 0 Å². The van der Waals surface area contributed by atoms with Crippen molar-refractivity contribution in [1.82, 2.24) is 0 Å². The lowest BCUT2D eigenvalue weighted by molar-refractivity contribution is -0.274. The Kier molecular flexibility index (Phi) is 5.35. The summed E-state index contributed by atoms with van der Waals surface area (Å²) in [5.41, 5.74) is 1.83. The van der Waals surface area contributed by atoms with Gasteiger partial charge in [-0.3, -0.25) is 0 Å². The van der Waals surface area contributed by atoms with Gasteiger partial charge in [-0.2, -0.15) is 0 Å². The molecule has 0 aliphatic carbocycles. The Labute approximate surface area is 159 Å². The van der Waals surface area contributed by atoms with Crippen molar-refractivity contribution in [3.05, 3.63) is 63.1 Å². The number of hydrogen-bond acceptors (Lipinski definition) is 3. The number of thioether (sulfide) groups is 2. The lowest BCUT2D eigenvalue weighted by Crippen LogP contribution is -2.19. The fourth-order valence-corrected chi connectivity index (χ4v) is 6.58. The van der Waals surface area contributed by atoms with E-state index in [9.17, 15) is 13.2 Å². The first-order valence-electron chi connectivity index (χ1n) is 6.90. The summed E-state index contributed by atoms with van der Waals surface area (Å²) in [7, 11) is 0. The molecule has 0 radical (unpaired) electrons. The molecule has 24 heavy (non-hydrogen) atoms. The van der Waals surface area contributed by atoms with E-state index in [1.54, 1.807) is 35.7 Å². The van der Waals surface area contributed by atoms with Gasteiger partial charge < -0.3 is 4.74 Å². The van der Waals surface area contributed by atoms with Crippen LogP contribution in [0.4, 0.5) is 13.2 Å². The van der Waals surface area contributed by atoms with Crippen molar-refractivity contribution in [1.29, 1.82) is 0 Å². The van der Waals surface area contributed by atoms with Gasteiger partial charge in [0.15, 0.2) is 0 Å². The monoisotopic (exact) mass is 454 g/mol. The van der Waals surface area contributed by atoms with Crippen LogP contribution in [0, 0.1) is 0 Å². The van der Waals surface area contributed by atoms with E-state index in [0.29, 0.717) is 5.02 Å². The van der Waals surface area contributed by atoms with Crippen LogP contribution in [-0.4, -0.2) is 17.9 Å². The molecular weight excluding hydrogens is 445 g/mol. The van der Waals surface area contributed by atoms with Crippen LogP contribution in [0.2, 0.25) is 5.02 Å². The van der Waals surface area contributed by atoms with Gasteiger partial charge in [-0.1, -0.05) is 39.7 Å². The fourth-order valence-electron chi connectivity index (χ4n) is 2.52. The Bertz CT molecular complexity index is 731. The van der Waals surface area contributed by atoms with Gasteiger partial charge in [0.05, 0.1) is 0 Å². The van der Waals surface area contributed by atoms with Crippen LogP contribution >= 0.6 is 51.1 Å². The standard InChI is InChI=1S/C16H11BrClF3OS2/c17-11-3-6-14(18)13(9-11)15(23-7-8-24-15)10-1-4-12(5-2-10)22-16(19,20)21/h1-6,9H,7-8H2. The summed E-state index contributed by atoms with van der Waals surface area (Å²) in [6, 6.07) is 11.7. The molecule has 128 valence electrons. The Hall–Kier alpha value is -0.500. The minimum absolute atomic E-state index is 0.227. The number of alkyl halides is 3. The van der Waals surface area contributed by atoms with Gasteiger partial charge in [0.25, 0.3) is 0 Å². The molecule has 1 saturated heterocycles. The number of ether oxygens (including phenoxy) is 1. The van der Waals surface area contributed by atoms with Gasteiger partial charge in [-0.15, -0.1) is 36.7 Å². The average Bonchev–Trinajstić information content (AvgIpc) is 2.99. The van der Waals surface area contributed by atoms with Crippen LogP contribution in [0.3, 0.4) is 0 Å². The Morgan fingerprint density at radius 1 is 1.04 bits per heavy atom. The number of halogens is 5. The highest BCUT2D eigenvalue weighted by Gasteiger charge is 2.41. The molecule has 0 N–H and O–H groups in total. The number of benzene rings is 2. The summed E-state index contributed by atoms with van der Waals surface area (Å²) in [6.45, 7) is 0. The molecule has 1 aliphatic rings. The van der Waals surface area contributed by atoms with Crippen LogP contribution in [-0.2, 0) is 4.08 Å². The molecule has 0 saturated carbocycles. The largest absolute Gasteiger partial charge is 0.573 e. The molecule has 0 amide bonds. The summed E-state index contributed by atoms with van der Waals surface area (Å²) in [5.74, 6) is 1.65. The topological polar surface area (TPSA) is 9.23 Å². The maximum absolute atomic E-state index is 12.3. The summed E-state index contributed by atoms with van der Waals surface area (Å²) < 4.78 is 41.4. The van der Waals surface area contributed by atoms with Crippen LogP contribution in [0.5, 0.6) is 5.75 Å². The predicted octanol–water partition coefficient (Wildman–Crippen LogP) is 6.68. The maximum atomic E-state index is 12.3. The van der Waals surface area contributed by atoms with Gasteiger partial charge in [-0.25, -0.2) is 0 Å². The second kappa shape index (κ2) is 7.02. The Morgan fingerprint density at radius 3 is 2.25 bits per heavy atom. The van der Waals surface area contributed by atoms with Crippen molar-refractivity contribution in [2.24, 2.45) is 0 Å². The lowest BCUT2D eigenvalue weighted by atomic mass is 10.0. The third-order valence-corrected chi connectivity index (χ3v) is 7.77. The normalized spacial score (nSPS) is 17.0. The first-order chi connectivity index (χ1) is 11.3. The van der Waals surface area contributed by atoms with Gasteiger partial charge >= 0.3 is 6.36 Å². The predicted molar refractivity (Wildman–Crippen MR) is 98.0 cm³/mol. The van der Waals surface area contributed by atoms with Crippen LogP contribution < -0.4 is 4.74 Å². The quantitative estimate of drug-likeness (QED) is 0.511. The molecular formula is C16H11BrClF3OS2. The highest BCUT2D eigenvalue weighted by atomic mass is 79.9. The summed E-state index contributed by atoms with van der Waals surface area (Å²) in [4.78, 5) is 0. The highest BCUT2D eigenvalue weighted by Crippen LogP contribution is 2.58. The maximum Gasteiger partial charge on any atom is 0.573 e. The third kappa shape index (κ3) is 3.84. The summed E-state index contributed by atoms with van der Waals surface area (Å²) >= 11 is 13.3. The lowest BCUT2D eigenvalue weighted by Gasteiger charge is -2.30. The van der Waals surface area contributed by atoms with E-state index in [1.807, 2.05) is 18.2 Å². The van der Waals surface area contributed by atoms with E-state index in [2.05, 4.69) is 20.7 Å². The van der Waals surface area contributed by atoms with E-state index in [-0.39, 0.29) is 5.75 Å². The summed E-state index contributed by atoms with van der Waals surface area (Å²) in [5, 5.41) is 0.635. The SMILES string of the molecule is FC(F)(F)Oc1ccc(C2(c3cc(Br)ccc3Cl)SCCS2)cc1. The third-order valence-electron chi connectivity index (χ3n) is 3.44. The Morgan fingerprint density at radius 2 is 1.67 bits per heavy atom. The molecule has 0 atom stereocenters. The molecule has 0 unspecified atom stereocenters. The molecule has 2 aromatic carbocycles. The smallest absolute Gasteiger partial charge is 0.406 e. The molecule has 1 nitrogen and oxygen atoms in total. The van der Waals surface area contributed by atoms with Gasteiger partial charge in [-0.05, 0) is 35.9 Å². The van der Waals surface area contributed by atoms with Crippen molar-refractivity contribution in [2.45, 2.75) is 10.4 Å².